The predicted molar refractivity (Wildman–Crippen MR) is 78.2 cm³/mol. The number of anilines is 1. The van der Waals surface area contributed by atoms with Crippen LogP contribution in [0.2, 0.25) is 0 Å². The topological polar surface area (TPSA) is 64.4 Å². The van der Waals surface area contributed by atoms with Crippen LogP contribution in [0, 0.1) is 16.0 Å². The SMILES string of the molecule is COc1ccc([N+](=O)[O-])c(NCC2CCSCC2)c1. The van der Waals surface area contributed by atoms with Crippen LogP contribution in [-0.4, -0.2) is 30.1 Å². The van der Waals surface area contributed by atoms with Crippen LogP contribution in [0.15, 0.2) is 18.2 Å². The average molecular weight is 282 g/mol. The van der Waals surface area contributed by atoms with Crippen LogP contribution in [0.25, 0.3) is 0 Å². The minimum atomic E-state index is -0.363. The monoisotopic (exact) mass is 282 g/mol. The number of nitrogens with zero attached hydrogens (tertiary/aromatic N) is 1. The molecular weight excluding hydrogens is 264 g/mol. The quantitative estimate of drug-likeness (QED) is 0.664. The molecule has 0 spiro atoms. The van der Waals surface area contributed by atoms with Crippen LogP contribution in [0.3, 0.4) is 0 Å². The highest BCUT2D eigenvalue weighted by atomic mass is 32.2. The zero-order chi connectivity index (χ0) is 13.7. The van der Waals surface area contributed by atoms with E-state index in [1.807, 2.05) is 11.8 Å². The van der Waals surface area contributed by atoms with E-state index in [1.165, 1.54) is 30.4 Å². The number of nitro benzene ring substituents is 1. The van der Waals surface area contributed by atoms with Gasteiger partial charge < -0.3 is 10.1 Å². The fourth-order valence-electron chi connectivity index (χ4n) is 2.15. The Kier molecular flexibility index (Phi) is 4.90. The second kappa shape index (κ2) is 6.65. The fourth-order valence-corrected chi connectivity index (χ4v) is 3.35. The minimum Gasteiger partial charge on any atom is -0.497 e. The Balaban J connectivity index is 2.06. The molecule has 19 heavy (non-hydrogen) atoms. The van der Waals surface area contributed by atoms with Crippen molar-refractivity contribution in [1.29, 1.82) is 0 Å². The van der Waals surface area contributed by atoms with Crippen molar-refractivity contribution in [3.63, 3.8) is 0 Å². The lowest BCUT2D eigenvalue weighted by molar-refractivity contribution is -0.384. The van der Waals surface area contributed by atoms with Gasteiger partial charge >= 0.3 is 0 Å². The lowest BCUT2D eigenvalue weighted by Gasteiger charge is -2.22. The first kappa shape index (κ1) is 14.0. The first-order valence-corrected chi connectivity index (χ1v) is 7.50. The Hall–Kier alpha value is -1.43. The van der Waals surface area contributed by atoms with Crippen LogP contribution in [0.4, 0.5) is 11.4 Å². The van der Waals surface area contributed by atoms with Gasteiger partial charge in [-0.05, 0) is 36.3 Å². The highest BCUT2D eigenvalue weighted by Gasteiger charge is 2.17. The third kappa shape index (κ3) is 3.76. The van der Waals surface area contributed by atoms with Crippen LogP contribution in [0.5, 0.6) is 5.75 Å². The Morgan fingerprint density at radius 1 is 1.47 bits per heavy atom. The van der Waals surface area contributed by atoms with Crippen LogP contribution in [0.1, 0.15) is 12.8 Å². The van der Waals surface area contributed by atoms with E-state index in [0.29, 0.717) is 17.4 Å². The number of benzene rings is 1. The molecule has 0 bridgehead atoms. The third-order valence-electron chi connectivity index (χ3n) is 3.32. The van der Waals surface area contributed by atoms with Crippen LogP contribution >= 0.6 is 11.8 Å². The minimum absolute atomic E-state index is 0.103. The van der Waals surface area contributed by atoms with E-state index < -0.39 is 0 Å². The number of methoxy groups -OCH3 is 1. The van der Waals surface area contributed by atoms with E-state index in [9.17, 15) is 10.1 Å². The van der Waals surface area contributed by atoms with Crippen molar-refractivity contribution in [1.82, 2.24) is 0 Å². The molecule has 0 aromatic heterocycles. The summed E-state index contributed by atoms with van der Waals surface area (Å²) in [6, 6.07) is 4.79. The smallest absolute Gasteiger partial charge is 0.292 e. The van der Waals surface area contributed by atoms with Gasteiger partial charge in [0.05, 0.1) is 12.0 Å². The Labute approximate surface area is 116 Å². The molecule has 0 unspecified atom stereocenters. The predicted octanol–water partition coefficient (Wildman–Crippen LogP) is 3.16. The maximum Gasteiger partial charge on any atom is 0.292 e. The number of hydrogen-bond acceptors (Lipinski definition) is 5. The largest absolute Gasteiger partial charge is 0.497 e. The van der Waals surface area contributed by atoms with Gasteiger partial charge in [-0.2, -0.15) is 11.8 Å². The molecule has 1 fully saturated rings. The van der Waals surface area contributed by atoms with Crippen molar-refractivity contribution in [2.45, 2.75) is 12.8 Å². The lowest BCUT2D eigenvalue weighted by Crippen LogP contribution is -2.19. The summed E-state index contributed by atoms with van der Waals surface area (Å²) in [6.45, 7) is 0.786. The van der Waals surface area contributed by atoms with Gasteiger partial charge in [0.1, 0.15) is 11.4 Å². The van der Waals surface area contributed by atoms with Gasteiger partial charge in [-0.3, -0.25) is 10.1 Å². The summed E-state index contributed by atoms with van der Waals surface area (Å²) in [5.74, 6) is 3.61. The lowest BCUT2D eigenvalue weighted by atomic mass is 10.0. The van der Waals surface area contributed by atoms with Crippen molar-refractivity contribution in [2.24, 2.45) is 5.92 Å². The second-order valence-corrected chi connectivity index (χ2v) is 5.80. The molecule has 0 aliphatic carbocycles. The molecule has 1 N–H and O–H groups in total. The number of thioether (sulfide) groups is 1. The fraction of sp³-hybridized carbons (Fsp3) is 0.538. The molecule has 6 heteroatoms. The maximum atomic E-state index is 11.0. The van der Waals surface area contributed by atoms with Gasteiger partial charge in [-0.1, -0.05) is 0 Å². The summed E-state index contributed by atoms with van der Waals surface area (Å²) in [7, 11) is 1.56. The van der Waals surface area contributed by atoms with Crippen molar-refractivity contribution in [3.05, 3.63) is 28.3 Å². The molecule has 1 aliphatic rings. The zero-order valence-electron chi connectivity index (χ0n) is 10.9. The van der Waals surface area contributed by atoms with E-state index in [-0.39, 0.29) is 10.6 Å². The molecule has 1 heterocycles. The van der Waals surface area contributed by atoms with E-state index in [2.05, 4.69) is 5.32 Å². The summed E-state index contributed by atoms with van der Waals surface area (Å²) in [4.78, 5) is 10.6. The summed E-state index contributed by atoms with van der Waals surface area (Å²) in [6.07, 6.45) is 2.35. The third-order valence-corrected chi connectivity index (χ3v) is 4.37. The number of rotatable bonds is 5. The summed E-state index contributed by atoms with van der Waals surface area (Å²) >= 11 is 1.98. The molecule has 1 aromatic rings. The summed E-state index contributed by atoms with van der Waals surface area (Å²) < 4.78 is 5.12. The van der Waals surface area contributed by atoms with Gasteiger partial charge in [0.15, 0.2) is 0 Å². The molecule has 0 atom stereocenters. The molecule has 5 nitrogen and oxygen atoms in total. The van der Waals surface area contributed by atoms with Gasteiger partial charge in [-0.25, -0.2) is 0 Å². The zero-order valence-corrected chi connectivity index (χ0v) is 11.7. The molecule has 0 amide bonds. The highest BCUT2D eigenvalue weighted by molar-refractivity contribution is 7.99. The Morgan fingerprint density at radius 2 is 2.21 bits per heavy atom. The number of nitrogens with one attached hydrogen (secondary N) is 1. The summed E-state index contributed by atoms with van der Waals surface area (Å²) in [5.41, 5.74) is 0.647. The van der Waals surface area contributed by atoms with E-state index in [0.717, 1.165) is 6.54 Å². The molecule has 1 aliphatic heterocycles. The maximum absolute atomic E-state index is 11.0. The number of nitro groups is 1. The highest BCUT2D eigenvalue weighted by Crippen LogP contribution is 2.30. The average Bonchev–Trinajstić information content (AvgIpc) is 2.45. The molecular formula is C13H18N2O3S. The molecule has 104 valence electrons. The standard InChI is InChI=1S/C13H18N2O3S/c1-18-11-2-3-13(15(16)17)12(8-11)14-9-10-4-6-19-7-5-10/h2-3,8,10,14H,4-7,9H2,1H3. The second-order valence-electron chi connectivity index (χ2n) is 4.58. The van der Waals surface area contributed by atoms with Crippen molar-refractivity contribution < 1.29 is 9.66 Å². The van der Waals surface area contributed by atoms with Gasteiger partial charge in [0, 0.05) is 18.7 Å². The van der Waals surface area contributed by atoms with E-state index >= 15 is 0 Å². The van der Waals surface area contributed by atoms with Crippen molar-refractivity contribution in [3.8, 4) is 5.75 Å². The molecule has 2 rings (SSSR count). The number of hydrogen-bond donors (Lipinski definition) is 1. The van der Waals surface area contributed by atoms with Gasteiger partial charge in [0.2, 0.25) is 0 Å². The summed E-state index contributed by atoms with van der Waals surface area (Å²) in [5, 5.41) is 14.2. The molecule has 1 saturated heterocycles. The van der Waals surface area contributed by atoms with Crippen LogP contribution in [-0.2, 0) is 0 Å². The normalized spacial score (nSPS) is 16.1. The molecule has 0 saturated carbocycles. The van der Waals surface area contributed by atoms with Crippen LogP contribution < -0.4 is 10.1 Å². The van der Waals surface area contributed by atoms with Gasteiger partial charge in [0.25, 0.3) is 5.69 Å². The van der Waals surface area contributed by atoms with Crippen molar-refractivity contribution >= 4 is 23.1 Å². The van der Waals surface area contributed by atoms with E-state index in [1.54, 1.807) is 19.2 Å². The first-order chi connectivity index (χ1) is 9.20. The molecule has 1 aromatic carbocycles. The molecule has 0 radical (unpaired) electrons. The number of ether oxygens (including phenoxy) is 1. The Morgan fingerprint density at radius 3 is 2.84 bits per heavy atom. The Bertz CT molecular complexity index is 448. The first-order valence-electron chi connectivity index (χ1n) is 6.34. The van der Waals surface area contributed by atoms with Crippen molar-refractivity contribution in [2.75, 3.05) is 30.5 Å². The van der Waals surface area contributed by atoms with E-state index in [4.69, 9.17) is 4.74 Å². The van der Waals surface area contributed by atoms with Gasteiger partial charge in [-0.15, -0.1) is 0 Å².